The Morgan fingerprint density at radius 2 is 1.90 bits per heavy atom. The smallest absolute Gasteiger partial charge is 0.251 e. The fraction of sp³-hybridized carbons (Fsp3) is 0.133. The minimum atomic E-state index is -3.15. The Morgan fingerprint density at radius 1 is 1.19 bits per heavy atom. The summed E-state index contributed by atoms with van der Waals surface area (Å²) in [4.78, 5) is 11.9. The molecule has 0 aliphatic rings. The largest absolute Gasteiger partial charge is 0.349 e. The Kier molecular flexibility index (Phi) is 4.93. The number of thiophene rings is 1. The Bertz CT molecular complexity index is 730. The molecular formula is C15H15NO3S2. The van der Waals surface area contributed by atoms with Crippen LogP contribution in [-0.4, -0.2) is 27.1 Å². The standard InChI is InChI=1S/C15H15NO3S2/c1-21(18,19)10-2-8-16-15(17)13-5-3-12(4-6-13)14-7-9-20-11-14/h2-7,9-11H,8H2,1H3,(H,16,17)/b10-2+. The number of hydrogen-bond acceptors (Lipinski definition) is 4. The summed E-state index contributed by atoms with van der Waals surface area (Å²) in [5.41, 5.74) is 2.73. The van der Waals surface area contributed by atoms with Crippen molar-refractivity contribution < 1.29 is 13.2 Å². The van der Waals surface area contributed by atoms with E-state index >= 15 is 0 Å². The molecule has 0 bridgehead atoms. The van der Waals surface area contributed by atoms with Gasteiger partial charge in [0.15, 0.2) is 9.84 Å². The molecule has 2 rings (SSSR count). The highest BCUT2D eigenvalue weighted by Crippen LogP contribution is 2.22. The van der Waals surface area contributed by atoms with E-state index in [1.807, 2.05) is 29.0 Å². The highest BCUT2D eigenvalue weighted by molar-refractivity contribution is 7.93. The van der Waals surface area contributed by atoms with Gasteiger partial charge in [0.25, 0.3) is 5.91 Å². The van der Waals surface area contributed by atoms with Crippen LogP contribution in [0.5, 0.6) is 0 Å². The lowest BCUT2D eigenvalue weighted by Gasteiger charge is -2.03. The van der Waals surface area contributed by atoms with Crippen LogP contribution in [0, 0.1) is 0 Å². The summed E-state index contributed by atoms with van der Waals surface area (Å²) in [5, 5.41) is 7.76. The van der Waals surface area contributed by atoms with Gasteiger partial charge in [0.05, 0.1) is 0 Å². The zero-order valence-electron chi connectivity index (χ0n) is 11.4. The SMILES string of the molecule is CS(=O)(=O)/C=C/CNC(=O)c1ccc(-c2ccsc2)cc1. The van der Waals surface area contributed by atoms with Gasteiger partial charge in [-0.3, -0.25) is 4.79 Å². The second-order valence-corrected chi connectivity index (χ2v) is 7.21. The lowest BCUT2D eigenvalue weighted by Crippen LogP contribution is -2.23. The summed E-state index contributed by atoms with van der Waals surface area (Å²) in [6.45, 7) is 0.179. The quantitative estimate of drug-likeness (QED) is 0.921. The topological polar surface area (TPSA) is 63.2 Å². The Hall–Kier alpha value is -1.92. The predicted molar refractivity (Wildman–Crippen MR) is 86.1 cm³/mol. The number of benzene rings is 1. The summed E-state index contributed by atoms with van der Waals surface area (Å²) in [7, 11) is -3.15. The van der Waals surface area contributed by atoms with Crippen molar-refractivity contribution >= 4 is 27.1 Å². The van der Waals surface area contributed by atoms with Crippen molar-refractivity contribution in [2.75, 3.05) is 12.8 Å². The molecule has 0 unspecified atom stereocenters. The summed E-state index contributed by atoms with van der Waals surface area (Å²) in [6, 6.07) is 9.31. The molecule has 1 N–H and O–H groups in total. The van der Waals surface area contributed by atoms with Crippen LogP contribution in [-0.2, 0) is 9.84 Å². The first-order chi connectivity index (χ1) is 9.96. The molecule has 4 nitrogen and oxygen atoms in total. The first-order valence-electron chi connectivity index (χ1n) is 6.23. The third-order valence-corrected chi connectivity index (χ3v) is 4.10. The van der Waals surface area contributed by atoms with Gasteiger partial charge in [0.2, 0.25) is 0 Å². The zero-order chi connectivity index (χ0) is 15.3. The molecule has 0 spiro atoms. The van der Waals surface area contributed by atoms with Gasteiger partial charge in [-0.2, -0.15) is 11.3 Å². The number of rotatable bonds is 5. The number of carbonyl (C=O) groups is 1. The van der Waals surface area contributed by atoms with Crippen LogP contribution in [0.2, 0.25) is 0 Å². The minimum Gasteiger partial charge on any atom is -0.349 e. The maximum Gasteiger partial charge on any atom is 0.251 e. The lowest BCUT2D eigenvalue weighted by atomic mass is 10.1. The molecule has 0 atom stereocenters. The van der Waals surface area contributed by atoms with E-state index in [2.05, 4.69) is 5.32 Å². The van der Waals surface area contributed by atoms with E-state index in [4.69, 9.17) is 0 Å². The maximum atomic E-state index is 11.9. The molecule has 0 fully saturated rings. The molecule has 2 aromatic rings. The lowest BCUT2D eigenvalue weighted by molar-refractivity contribution is 0.0958. The number of carbonyl (C=O) groups excluding carboxylic acids is 1. The molecular weight excluding hydrogens is 306 g/mol. The molecule has 110 valence electrons. The van der Waals surface area contributed by atoms with Crippen LogP contribution in [0.1, 0.15) is 10.4 Å². The zero-order valence-corrected chi connectivity index (χ0v) is 13.1. The molecule has 6 heteroatoms. The minimum absolute atomic E-state index is 0.179. The van der Waals surface area contributed by atoms with Crippen molar-refractivity contribution in [1.29, 1.82) is 0 Å². The molecule has 1 amide bonds. The molecule has 0 saturated carbocycles. The van der Waals surface area contributed by atoms with Crippen LogP contribution in [0.15, 0.2) is 52.6 Å². The summed E-state index contributed by atoms with van der Waals surface area (Å²) in [5.74, 6) is -0.231. The molecule has 0 aliphatic heterocycles. The number of amides is 1. The highest BCUT2D eigenvalue weighted by atomic mass is 32.2. The van der Waals surface area contributed by atoms with Gasteiger partial charge in [-0.1, -0.05) is 18.2 Å². The second kappa shape index (κ2) is 6.69. The van der Waals surface area contributed by atoms with Crippen LogP contribution < -0.4 is 5.32 Å². The highest BCUT2D eigenvalue weighted by Gasteiger charge is 2.05. The van der Waals surface area contributed by atoms with Gasteiger partial charge in [-0.15, -0.1) is 0 Å². The predicted octanol–water partition coefficient (Wildman–Crippen LogP) is 2.70. The Labute approximate surface area is 128 Å². The van der Waals surface area contributed by atoms with Crippen molar-refractivity contribution in [3.05, 3.63) is 58.1 Å². The van der Waals surface area contributed by atoms with Gasteiger partial charge >= 0.3 is 0 Å². The molecule has 1 heterocycles. The molecule has 0 aliphatic carbocycles. The number of sulfone groups is 1. The normalized spacial score (nSPS) is 11.7. The fourth-order valence-corrected chi connectivity index (χ4v) is 2.83. The second-order valence-electron chi connectivity index (χ2n) is 4.50. The molecule has 1 aromatic carbocycles. The van der Waals surface area contributed by atoms with E-state index < -0.39 is 9.84 Å². The van der Waals surface area contributed by atoms with E-state index in [1.165, 1.54) is 6.08 Å². The monoisotopic (exact) mass is 321 g/mol. The van der Waals surface area contributed by atoms with Crippen LogP contribution in [0.25, 0.3) is 11.1 Å². The third kappa shape index (κ3) is 4.84. The molecule has 1 aromatic heterocycles. The van der Waals surface area contributed by atoms with Crippen molar-refractivity contribution in [2.24, 2.45) is 0 Å². The average molecular weight is 321 g/mol. The Morgan fingerprint density at radius 3 is 2.48 bits per heavy atom. The van der Waals surface area contributed by atoms with Gasteiger partial charge in [0, 0.05) is 23.8 Å². The number of nitrogens with one attached hydrogen (secondary N) is 1. The summed E-state index contributed by atoms with van der Waals surface area (Å²) >= 11 is 1.62. The third-order valence-electron chi connectivity index (χ3n) is 2.73. The van der Waals surface area contributed by atoms with E-state index in [-0.39, 0.29) is 12.5 Å². The van der Waals surface area contributed by atoms with Crippen LogP contribution in [0.4, 0.5) is 0 Å². The van der Waals surface area contributed by atoms with Crippen LogP contribution >= 0.6 is 11.3 Å². The van der Waals surface area contributed by atoms with Gasteiger partial charge in [-0.05, 0) is 40.1 Å². The van der Waals surface area contributed by atoms with Crippen molar-refractivity contribution in [2.45, 2.75) is 0 Å². The Balaban J connectivity index is 1.96. The van der Waals surface area contributed by atoms with Crippen molar-refractivity contribution in [3.8, 4) is 11.1 Å². The van der Waals surface area contributed by atoms with E-state index in [1.54, 1.807) is 23.5 Å². The number of hydrogen-bond donors (Lipinski definition) is 1. The van der Waals surface area contributed by atoms with Gasteiger partial charge in [0.1, 0.15) is 0 Å². The summed E-state index contributed by atoms with van der Waals surface area (Å²) in [6.07, 6.45) is 2.52. The molecule has 0 radical (unpaired) electrons. The first kappa shape index (κ1) is 15.5. The fourth-order valence-electron chi connectivity index (χ4n) is 1.72. The van der Waals surface area contributed by atoms with Crippen molar-refractivity contribution in [3.63, 3.8) is 0 Å². The van der Waals surface area contributed by atoms with E-state index in [0.717, 1.165) is 22.8 Å². The van der Waals surface area contributed by atoms with E-state index in [0.29, 0.717) is 5.56 Å². The molecule has 21 heavy (non-hydrogen) atoms. The van der Waals surface area contributed by atoms with E-state index in [9.17, 15) is 13.2 Å². The average Bonchev–Trinajstić information content (AvgIpc) is 2.96. The first-order valence-corrected chi connectivity index (χ1v) is 9.13. The maximum absolute atomic E-state index is 11.9. The van der Waals surface area contributed by atoms with Gasteiger partial charge in [-0.25, -0.2) is 8.42 Å². The van der Waals surface area contributed by atoms with Gasteiger partial charge < -0.3 is 5.32 Å². The summed E-state index contributed by atoms with van der Waals surface area (Å²) < 4.78 is 21.8. The van der Waals surface area contributed by atoms with Crippen molar-refractivity contribution in [1.82, 2.24) is 5.32 Å². The van der Waals surface area contributed by atoms with Crippen LogP contribution in [0.3, 0.4) is 0 Å². The molecule has 0 saturated heterocycles.